The summed E-state index contributed by atoms with van der Waals surface area (Å²) in [4.78, 5) is 13.9. The van der Waals surface area contributed by atoms with Crippen LogP contribution >= 0.6 is 28.3 Å². The first-order valence-corrected chi connectivity index (χ1v) is 5.74. The molecule has 90 valence electrons. The summed E-state index contributed by atoms with van der Waals surface area (Å²) in [5.74, 6) is 0.0659. The van der Waals surface area contributed by atoms with E-state index in [2.05, 4.69) is 15.9 Å². The molecule has 1 unspecified atom stereocenters. The lowest BCUT2D eigenvalue weighted by atomic mass is 10.3. The van der Waals surface area contributed by atoms with Gasteiger partial charge in [-0.3, -0.25) is 4.79 Å². The molecule has 1 aliphatic heterocycles. The zero-order chi connectivity index (χ0) is 11.0. The maximum Gasteiger partial charge on any atom is 0.270 e. The maximum absolute atomic E-state index is 12.1. The first kappa shape index (κ1) is 13.5. The van der Waals surface area contributed by atoms with Crippen LogP contribution in [0.2, 0.25) is 0 Å². The lowest BCUT2D eigenvalue weighted by Gasteiger charge is -2.15. The zero-order valence-electron chi connectivity index (χ0n) is 9.02. The Morgan fingerprint density at radius 2 is 2.31 bits per heavy atom. The first-order chi connectivity index (χ1) is 7.08. The van der Waals surface area contributed by atoms with Gasteiger partial charge in [-0.2, -0.15) is 0 Å². The first-order valence-electron chi connectivity index (χ1n) is 4.94. The van der Waals surface area contributed by atoms with E-state index in [1.165, 1.54) is 0 Å². The number of carbonyl (C=O) groups is 1. The number of rotatable bonds is 1. The van der Waals surface area contributed by atoms with Gasteiger partial charge in [-0.05, 0) is 28.4 Å². The third-order valence-electron chi connectivity index (χ3n) is 2.70. The Balaban J connectivity index is 0.00000128. The van der Waals surface area contributed by atoms with Crippen molar-refractivity contribution in [2.24, 2.45) is 12.8 Å². The van der Waals surface area contributed by atoms with Crippen LogP contribution in [0.25, 0.3) is 0 Å². The van der Waals surface area contributed by atoms with E-state index in [1.807, 2.05) is 28.8 Å². The van der Waals surface area contributed by atoms with Crippen LogP contribution < -0.4 is 5.73 Å². The SMILES string of the molecule is Cl.Cn1cc(Br)cc1C(=O)N1CCC(N)C1. The molecule has 1 saturated heterocycles. The second-order valence-electron chi connectivity index (χ2n) is 3.95. The van der Waals surface area contributed by atoms with Gasteiger partial charge in [-0.1, -0.05) is 0 Å². The average Bonchev–Trinajstić information content (AvgIpc) is 2.71. The number of hydrogen-bond donors (Lipinski definition) is 1. The Hall–Kier alpha value is -0.520. The minimum atomic E-state index is 0. The van der Waals surface area contributed by atoms with Gasteiger partial charge in [0.25, 0.3) is 5.91 Å². The molecule has 0 radical (unpaired) electrons. The van der Waals surface area contributed by atoms with Crippen molar-refractivity contribution in [3.05, 3.63) is 22.4 Å². The van der Waals surface area contributed by atoms with Crippen LogP contribution in [0.15, 0.2) is 16.7 Å². The van der Waals surface area contributed by atoms with Crippen molar-refractivity contribution in [3.63, 3.8) is 0 Å². The Morgan fingerprint density at radius 3 is 2.75 bits per heavy atom. The highest BCUT2D eigenvalue weighted by atomic mass is 79.9. The van der Waals surface area contributed by atoms with Gasteiger partial charge >= 0.3 is 0 Å². The predicted octanol–water partition coefficient (Wildman–Crippen LogP) is 1.38. The van der Waals surface area contributed by atoms with Crippen LogP contribution in [0.1, 0.15) is 16.9 Å². The van der Waals surface area contributed by atoms with Gasteiger partial charge in [-0.25, -0.2) is 0 Å². The van der Waals surface area contributed by atoms with Crippen molar-refractivity contribution in [2.75, 3.05) is 13.1 Å². The molecule has 1 aromatic rings. The molecule has 2 rings (SSSR count). The van der Waals surface area contributed by atoms with Gasteiger partial charge in [0.1, 0.15) is 5.69 Å². The van der Waals surface area contributed by atoms with Crippen LogP contribution in [-0.2, 0) is 7.05 Å². The molecular weight excluding hydrogens is 293 g/mol. The molecule has 0 bridgehead atoms. The van der Waals surface area contributed by atoms with E-state index in [-0.39, 0.29) is 24.4 Å². The highest BCUT2D eigenvalue weighted by Crippen LogP contribution is 2.17. The summed E-state index contributed by atoms with van der Waals surface area (Å²) in [6, 6.07) is 1.98. The fourth-order valence-corrected chi connectivity index (χ4v) is 2.39. The monoisotopic (exact) mass is 307 g/mol. The Morgan fingerprint density at radius 1 is 1.62 bits per heavy atom. The van der Waals surface area contributed by atoms with E-state index < -0.39 is 0 Å². The molecule has 1 atom stereocenters. The zero-order valence-corrected chi connectivity index (χ0v) is 11.4. The van der Waals surface area contributed by atoms with Gasteiger partial charge < -0.3 is 15.2 Å². The van der Waals surface area contributed by atoms with Gasteiger partial charge in [-0.15, -0.1) is 12.4 Å². The number of aromatic nitrogens is 1. The van der Waals surface area contributed by atoms with Gasteiger partial charge in [0, 0.05) is 36.8 Å². The lowest BCUT2D eigenvalue weighted by Crippen LogP contribution is -2.32. The number of likely N-dealkylation sites (tertiary alicyclic amines) is 1. The summed E-state index contributed by atoms with van der Waals surface area (Å²) in [5.41, 5.74) is 6.48. The summed E-state index contributed by atoms with van der Waals surface area (Å²) in [5, 5.41) is 0. The quantitative estimate of drug-likeness (QED) is 0.852. The molecule has 2 N–H and O–H groups in total. The molecule has 0 spiro atoms. The Bertz CT molecular complexity index is 393. The summed E-state index contributed by atoms with van der Waals surface area (Å²) < 4.78 is 2.76. The Kier molecular flexibility index (Phi) is 4.41. The highest BCUT2D eigenvalue weighted by Gasteiger charge is 2.25. The average molecular weight is 309 g/mol. The van der Waals surface area contributed by atoms with Crippen LogP contribution in [-0.4, -0.2) is 34.5 Å². The summed E-state index contributed by atoms with van der Waals surface area (Å²) >= 11 is 3.36. The van der Waals surface area contributed by atoms with Crippen LogP contribution in [0, 0.1) is 0 Å². The van der Waals surface area contributed by atoms with Gasteiger partial charge in [0.2, 0.25) is 0 Å². The summed E-state index contributed by atoms with van der Waals surface area (Å²) in [7, 11) is 1.87. The summed E-state index contributed by atoms with van der Waals surface area (Å²) in [6.45, 7) is 1.43. The fraction of sp³-hybridized carbons (Fsp3) is 0.500. The van der Waals surface area contributed by atoms with Crippen molar-refractivity contribution in [2.45, 2.75) is 12.5 Å². The molecule has 2 heterocycles. The predicted molar refractivity (Wildman–Crippen MR) is 68.9 cm³/mol. The maximum atomic E-state index is 12.1. The van der Waals surface area contributed by atoms with Crippen molar-refractivity contribution >= 4 is 34.2 Å². The van der Waals surface area contributed by atoms with Crippen molar-refractivity contribution in [3.8, 4) is 0 Å². The topological polar surface area (TPSA) is 51.3 Å². The van der Waals surface area contributed by atoms with E-state index in [0.717, 1.165) is 17.4 Å². The molecule has 1 aromatic heterocycles. The van der Waals surface area contributed by atoms with Gasteiger partial charge in [0.05, 0.1) is 0 Å². The number of hydrogen-bond acceptors (Lipinski definition) is 2. The van der Waals surface area contributed by atoms with Crippen molar-refractivity contribution in [1.82, 2.24) is 9.47 Å². The third-order valence-corrected chi connectivity index (χ3v) is 3.14. The van der Waals surface area contributed by atoms with E-state index in [9.17, 15) is 4.79 Å². The second-order valence-corrected chi connectivity index (χ2v) is 4.87. The number of amides is 1. The number of nitrogens with zero attached hydrogens (tertiary/aromatic N) is 2. The highest BCUT2D eigenvalue weighted by molar-refractivity contribution is 9.10. The molecule has 16 heavy (non-hydrogen) atoms. The molecule has 1 fully saturated rings. The smallest absolute Gasteiger partial charge is 0.270 e. The minimum absolute atomic E-state index is 0. The molecule has 1 amide bonds. The summed E-state index contributed by atoms with van der Waals surface area (Å²) in [6.07, 6.45) is 2.78. The van der Waals surface area contributed by atoms with Gasteiger partial charge in [0.15, 0.2) is 0 Å². The molecular formula is C10H15BrClN3O. The van der Waals surface area contributed by atoms with Crippen molar-refractivity contribution in [1.29, 1.82) is 0 Å². The van der Waals surface area contributed by atoms with E-state index in [4.69, 9.17) is 5.73 Å². The number of nitrogens with two attached hydrogens (primary N) is 1. The number of aryl methyl sites for hydroxylation is 1. The van der Waals surface area contributed by atoms with Crippen LogP contribution in [0.4, 0.5) is 0 Å². The van der Waals surface area contributed by atoms with E-state index in [1.54, 1.807) is 0 Å². The normalized spacial score (nSPS) is 19.7. The lowest BCUT2D eigenvalue weighted by molar-refractivity contribution is 0.0781. The number of carbonyl (C=O) groups excluding carboxylic acids is 1. The van der Waals surface area contributed by atoms with Crippen molar-refractivity contribution < 1.29 is 4.79 Å². The fourth-order valence-electron chi connectivity index (χ4n) is 1.87. The minimum Gasteiger partial charge on any atom is -0.345 e. The largest absolute Gasteiger partial charge is 0.345 e. The second kappa shape index (κ2) is 5.21. The molecule has 0 saturated carbocycles. The molecule has 0 aliphatic carbocycles. The Labute approximate surface area is 109 Å². The van der Waals surface area contributed by atoms with E-state index in [0.29, 0.717) is 12.2 Å². The molecule has 1 aliphatic rings. The molecule has 4 nitrogen and oxygen atoms in total. The molecule has 6 heteroatoms. The van der Waals surface area contributed by atoms with E-state index >= 15 is 0 Å². The third kappa shape index (κ3) is 2.59. The number of halogens is 2. The molecule has 0 aromatic carbocycles. The van der Waals surface area contributed by atoms with Crippen LogP contribution in [0.5, 0.6) is 0 Å². The standard InChI is InChI=1S/C10H14BrN3O.ClH/c1-13-5-7(11)4-9(13)10(15)14-3-2-8(12)6-14;/h4-5,8H,2-3,6,12H2,1H3;1H. The van der Waals surface area contributed by atoms with Crippen LogP contribution in [0.3, 0.4) is 0 Å².